The number of nitriles is 1. The van der Waals surface area contributed by atoms with Crippen molar-refractivity contribution in [3.05, 3.63) is 47.2 Å². The maximum Gasteiger partial charge on any atom is 0.410 e. The molecule has 5 rings (SSSR count). The Morgan fingerprint density at radius 3 is 2.56 bits per heavy atom. The van der Waals surface area contributed by atoms with Gasteiger partial charge >= 0.3 is 6.09 Å². The lowest BCUT2D eigenvalue weighted by Gasteiger charge is -2.40. The van der Waals surface area contributed by atoms with Gasteiger partial charge in [0, 0.05) is 29.7 Å². The van der Waals surface area contributed by atoms with Crippen molar-refractivity contribution in [3.63, 3.8) is 0 Å². The van der Waals surface area contributed by atoms with Crippen LogP contribution in [0.15, 0.2) is 36.7 Å². The predicted octanol–water partition coefficient (Wildman–Crippen LogP) is 5.80. The summed E-state index contributed by atoms with van der Waals surface area (Å²) in [6.07, 6.45) is 7.24. The minimum atomic E-state index is -0.499. The number of piperidine rings is 1. The largest absolute Gasteiger partial charge is 0.444 e. The molecule has 1 aromatic carbocycles. The highest BCUT2D eigenvalue weighted by Crippen LogP contribution is 2.43. The van der Waals surface area contributed by atoms with Gasteiger partial charge in [-0.1, -0.05) is 11.6 Å². The maximum atomic E-state index is 12.8. The second kappa shape index (κ2) is 8.48. The third-order valence-corrected chi connectivity index (χ3v) is 6.90. The lowest BCUT2D eigenvalue weighted by Crippen LogP contribution is -2.48. The molecule has 2 bridgehead atoms. The first kappa shape index (κ1) is 22.5. The molecule has 3 aromatic rings. The second-order valence-corrected chi connectivity index (χ2v) is 10.5. The first-order valence-electron chi connectivity index (χ1n) is 11.5. The number of rotatable bonds is 3. The van der Waals surface area contributed by atoms with E-state index in [9.17, 15) is 4.79 Å². The Hall–Kier alpha value is -3.31. The van der Waals surface area contributed by atoms with Gasteiger partial charge in [-0.2, -0.15) is 10.4 Å². The summed E-state index contributed by atoms with van der Waals surface area (Å²) in [6.45, 7) is 5.71. The number of ether oxygens (including phenoxy) is 1. The Bertz CT molecular complexity index is 1280. The van der Waals surface area contributed by atoms with E-state index in [1.165, 1.54) is 0 Å². The van der Waals surface area contributed by atoms with E-state index in [4.69, 9.17) is 21.6 Å². The number of carbonyl (C=O) groups is 1. The van der Waals surface area contributed by atoms with E-state index in [2.05, 4.69) is 32.3 Å². The summed E-state index contributed by atoms with van der Waals surface area (Å²) in [5, 5.41) is 22.5. The molecule has 8 nitrogen and oxygen atoms in total. The van der Waals surface area contributed by atoms with Crippen molar-refractivity contribution in [2.24, 2.45) is 0 Å². The Morgan fingerprint density at radius 1 is 1.18 bits per heavy atom. The number of fused-ring (bicyclic) bond motifs is 3. The van der Waals surface area contributed by atoms with Gasteiger partial charge in [-0.25, -0.2) is 4.79 Å². The monoisotopic (exact) mass is 478 g/mol. The van der Waals surface area contributed by atoms with E-state index in [0.717, 1.165) is 42.4 Å². The lowest BCUT2D eigenvalue weighted by molar-refractivity contribution is 0.00314. The zero-order chi connectivity index (χ0) is 24.0. The molecule has 2 atom stereocenters. The molecule has 2 aliphatic heterocycles. The topological polar surface area (TPSA) is 96.1 Å². The maximum absolute atomic E-state index is 12.8. The van der Waals surface area contributed by atoms with Gasteiger partial charge < -0.3 is 19.5 Å². The quantitative estimate of drug-likeness (QED) is 0.510. The molecule has 176 valence electrons. The molecule has 2 aromatic heterocycles. The van der Waals surface area contributed by atoms with Gasteiger partial charge in [-0.3, -0.25) is 0 Å². The molecule has 9 heteroatoms. The van der Waals surface area contributed by atoms with Gasteiger partial charge in [0.2, 0.25) is 0 Å². The number of benzene rings is 1. The van der Waals surface area contributed by atoms with Crippen LogP contribution in [0, 0.1) is 11.3 Å². The number of nitrogens with zero attached hydrogens (tertiary/aromatic N) is 5. The van der Waals surface area contributed by atoms with Crippen molar-refractivity contribution in [3.8, 4) is 6.07 Å². The average Bonchev–Trinajstić information content (AvgIpc) is 3.33. The standard InChI is InChI=1S/C25H27ClN6O2/c1-25(2,3)34-24(33)32-16-5-6-17(32)12-18(11-16)31-9-8-19-22(14-28-30-23(19)31)29-21-7-4-15(13-27)10-20(21)26/h4,7-10,14,16-18H,5-6,11-12H2,1-3H3,(H,29,30)/t16-,17-/m0/s1. The molecule has 0 spiro atoms. The zero-order valence-electron chi connectivity index (χ0n) is 19.5. The number of hydrogen-bond acceptors (Lipinski definition) is 6. The van der Waals surface area contributed by atoms with Crippen LogP contribution in [-0.4, -0.2) is 43.4 Å². The van der Waals surface area contributed by atoms with Gasteiger partial charge in [0.15, 0.2) is 5.65 Å². The van der Waals surface area contributed by atoms with Crippen LogP contribution in [0.4, 0.5) is 16.2 Å². The highest BCUT2D eigenvalue weighted by atomic mass is 35.5. The van der Waals surface area contributed by atoms with Gasteiger partial charge in [-0.15, -0.1) is 5.10 Å². The Morgan fingerprint density at radius 2 is 1.91 bits per heavy atom. The molecule has 2 fully saturated rings. The Balaban J connectivity index is 1.38. The molecule has 34 heavy (non-hydrogen) atoms. The minimum absolute atomic E-state index is 0.169. The second-order valence-electron chi connectivity index (χ2n) is 10.0. The SMILES string of the molecule is CC(C)(C)OC(=O)N1[C@H]2CC[C@H]1CC(n1ccc3c(Nc4ccc(C#N)cc4Cl)cnnc31)C2. The molecule has 0 saturated carbocycles. The van der Waals surface area contributed by atoms with Crippen LogP contribution in [0.5, 0.6) is 0 Å². The molecule has 0 unspecified atom stereocenters. The average molecular weight is 479 g/mol. The fraction of sp³-hybridized carbons (Fsp3) is 0.440. The van der Waals surface area contributed by atoms with Crippen LogP contribution in [0.3, 0.4) is 0 Å². The lowest BCUT2D eigenvalue weighted by atomic mass is 9.97. The van der Waals surface area contributed by atoms with Crippen LogP contribution >= 0.6 is 11.6 Å². The van der Waals surface area contributed by atoms with Gasteiger partial charge in [0.25, 0.3) is 0 Å². The molecular formula is C25H27ClN6O2. The number of hydrogen-bond donors (Lipinski definition) is 1. The van der Waals surface area contributed by atoms with Crippen LogP contribution in [0.1, 0.15) is 58.1 Å². The molecule has 0 aliphatic carbocycles. The van der Waals surface area contributed by atoms with E-state index in [1.54, 1.807) is 24.4 Å². The summed E-state index contributed by atoms with van der Waals surface area (Å²) < 4.78 is 7.86. The minimum Gasteiger partial charge on any atom is -0.444 e. The molecule has 1 N–H and O–H groups in total. The summed E-state index contributed by atoms with van der Waals surface area (Å²) >= 11 is 6.36. The number of nitrogens with one attached hydrogen (secondary N) is 1. The number of amides is 1. The molecular weight excluding hydrogens is 452 g/mol. The summed E-state index contributed by atoms with van der Waals surface area (Å²) in [5.41, 5.74) is 2.30. The fourth-order valence-electron chi connectivity index (χ4n) is 5.18. The molecule has 1 amide bonds. The van der Waals surface area contributed by atoms with E-state index >= 15 is 0 Å². The van der Waals surface area contributed by atoms with Crippen LogP contribution in [0.2, 0.25) is 5.02 Å². The van der Waals surface area contributed by atoms with E-state index in [1.807, 2.05) is 31.7 Å². The summed E-state index contributed by atoms with van der Waals surface area (Å²) in [4.78, 5) is 14.8. The zero-order valence-corrected chi connectivity index (χ0v) is 20.2. The summed E-state index contributed by atoms with van der Waals surface area (Å²) in [7, 11) is 0. The van der Waals surface area contributed by atoms with Crippen molar-refractivity contribution < 1.29 is 9.53 Å². The smallest absolute Gasteiger partial charge is 0.410 e. The molecule has 0 radical (unpaired) electrons. The highest BCUT2D eigenvalue weighted by molar-refractivity contribution is 6.33. The summed E-state index contributed by atoms with van der Waals surface area (Å²) in [5.74, 6) is 0. The molecule has 2 saturated heterocycles. The van der Waals surface area contributed by atoms with Crippen molar-refractivity contribution in [2.75, 3.05) is 5.32 Å². The van der Waals surface area contributed by atoms with Crippen LogP contribution < -0.4 is 5.32 Å². The van der Waals surface area contributed by atoms with Crippen molar-refractivity contribution in [1.82, 2.24) is 19.7 Å². The normalized spacial score (nSPS) is 22.0. The molecule has 4 heterocycles. The van der Waals surface area contributed by atoms with Gasteiger partial charge in [0.05, 0.1) is 34.2 Å². The van der Waals surface area contributed by atoms with Crippen LogP contribution in [-0.2, 0) is 4.74 Å². The number of carbonyl (C=O) groups excluding carboxylic acids is 1. The van der Waals surface area contributed by atoms with Gasteiger partial charge in [0.1, 0.15) is 5.60 Å². The Kier molecular flexibility index (Phi) is 5.61. The first-order chi connectivity index (χ1) is 16.2. The van der Waals surface area contributed by atoms with Crippen molar-refractivity contribution >= 4 is 40.1 Å². The van der Waals surface area contributed by atoms with Crippen molar-refractivity contribution in [2.45, 2.75) is 70.2 Å². The number of halogens is 1. The van der Waals surface area contributed by atoms with E-state index in [0.29, 0.717) is 16.3 Å². The van der Waals surface area contributed by atoms with Gasteiger partial charge in [-0.05, 0) is 70.7 Å². The predicted molar refractivity (Wildman–Crippen MR) is 130 cm³/mol. The highest BCUT2D eigenvalue weighted by Gasteiger charge is 2.45. The Labute approximate surface area is 203 Å². The third kappa shape index (κ3) is 4.16. The van der Waals surface area contributed by atoms with E-state index < -0.39 is 5.60 Å². The van der Waals surface area contributed by atoms with Crippen molar-refractivity contribution in [1.29, 1.82) is 5.26 Å². The first-order valence-corrected chi connectivity index (χ1v) is 11.9. The van der Waals surface area contributed by atoms with E-state index in [-0.39, 0.29) is 24.2 Å². The summed E-state index contributed by atoms with van der Waals surface area (Å²) in [6, 6.07) is 9.84. The fourth-order valence-corrected chi connectivity index (χ4v) is 5.41. The number of anilines is 2. The number of aromatic nitrogens is 3. The molecule has 2 aliphatic rings. The van der Waals surface area contributed by atoms with Crippen LogP contribution in [0.25, 0.3) is 11.0 Å². The third-order valence-electron chi connectivity index (χ3n) is 6.59.